The van der Waals surface area contributed by atoms with Gasteiger partial charge in [-0.05, 0) is 81.6 Å². The number of unbranched alkanes of at least 4 members (excludes halogenated alkanes) is 11. The summed E-state index contributed by atoms with van der Waals surface area (Å²) in [5.74, 6) is 0.116. The maximum Gasteiger partial charge on any atom is 0.184 e. The van der Waals surface area contributed by atoms with Crippen LogP contribution in [0.4, 0.5) is 0 Å². The number of hydrogen-bond donors (Lipinski definition) is 1. The van der Waals surface area contributed by atoms with Crippen molar-refractivity contribution < 1.29 is 9.90 Å². The SMILES string of the molecule is CCCCCCCC/C=C\CCCCCCCC1=C(C)C(=O)C(C)=C(C)C1O. The van der Waals surface area contributed by atoms with Gasteiger partial charge >= 0.3 is 0 Å². The topological polar surface area (TPSA) is 37.3 Å². The van der Waals surface area contributed by atoms with Crippen LogP contribution in [0.3, 0.4) is 0 Å². The molecule has 0 amide bonds. The summed E-state index contributed by atoms with van der Waals surface area (Å²) < 4.78 is 0. The third kappa shape index (κ3) is 8.90. The second-order valence-electron chi connectivity index (χ2n) is 8.52. The summed E-state index contributed by atoms with van der Waals surface area (Å²) in [6, 6.07) is 0. The van der Waals surface area contributed by atoms with Gasteiger partial charge in [0.05, 0.1) is 6.10 Å². The Labute approximate surface area is 174 Å². The number of allylic oxidation sites excluding steroid dienone is 4. The van der Waals surface area contributed by atoms with Gasteiger partial charge in [-0.25, -0.2) is 0 Å². The highest BCUT2D eigenvalue weighted by Gasteiger charge is 2.27. The standard InChI is InChI=1S/C26H44O2/c1-5-6-7-8-9-10-11-12-13-14-15-16-17-18-19-20-24-23(4)25(27)21(2)22(3)26(24)28/h12-13,26,28H,5-11,14-20H2,1-4H3/b13-12-. The van der Waals surface area contributed by atoms with E-state index in [-0.39, 0.29) is 5.78 Å². The van der Waals surface area contributed by atoms with Crippen LogP contribution in [-0.2, 0) is 4.79 Å². The van der Waals surface area contributed by atoms with Crippen LogP contribution >= 0.6 is 0 Å². The van der Waals surface area contributed by atoms with Crippen molar-refractivity contribution in [2.45, 2.75) is 124 Å². The van der Waals surface area contributed by atoms with E-state index in [1.807, 2.05) is 20.8 Å². The predicted molar refractivity (Wildman–Crippen MR) is 122 cm³/mol. The number of aliphatic hydroxyl groups is 1. The monoisotopic (exact) mass is 388 g/mol. The van der Waals surface area contributed by atoms with Gasteiger partial charge < -0.3 is 5.11 Å². The molecule has 0 heterocycles. The highest BCUT2D eigenvalue weighted by molar-refractivity contribution is 6.09. The van der Waals surface area contributed by atoms with Crippen molar-refractivity contribution in [1.82, 2.24) is 0 Å². The molecular formula is C26H44O2. The molecule has 1 atom stereocenters. The Hall–Kier alpha value is -1.15. The van der Waals surface area contributed by atoms with Crippen LogP contribution in [0.1, 0.15) is 118 Å². The molecule has 1 unspecified atom stereocenters. The first-order valence-electron chi connectivity index (χ1n) is 11.8. The molecule has 1 rings (SSSR count). The number of rotatable bonds is 15. The summed E-state index contributed by atoms with van der Waals surface area (Å²) in [4.78, 5) is 12.2. The fourth-order valence-electron chi connectivity index (χ4n) is 3.99. The van der Waals surface area contributed by atoms with Gasteiger partial charge in [-0.2, -0.15) is 0 Å². The molecule has 0 aliphatic heterocycles. The molecule has 2 heteroatoms. The van der Waals surface area contributed by atoms with Crippen molar-refractivity contribution >= 4 is 5.78 Å². The van der Waals surface area contributed by atoms with Crippen molar-refractivity contribution in [3.05, 3.63) is 34.4 Å². The largest absolute Gasteiger partial charge is 0.384 e. The van der Waals surface area contributed by atoms with Crippen LogP contribution in [0, 0.1) is 0 Å². The van der Waals surface area contributed by atoms with Gasteiger partial charge in [0, 0.05) is 0 Å². The minimum Gasteiger partial charge on any atom is -0.384 e. The Bertz CT molecular complexity index is 551. The Kier molecular flexibility index (Phi) is 13.1. The van der Waals surface area contributed by atoms with Crippen LogP contribution < -0.4 is 0 Å². The molecule has 0 saturated carbocycles. The maximum atomic E-state index is 12.2. The summed E-state index contributed by atoms with van der Waals surface area (Å²) in [7, 11) is 0. The number of carbonyl (C=O) groups is 1. The van der Waals surface area contributed by atoms with E-state index < -0.39 is 6.10 Å². The summed E-state index contributed by atoms with van der Waals surface area (Å²) in [6.07, 6.45) is 21.8. The summed E-state index contributed by atoms with van der Waals surface area (Å²) in [5, 5.41) is 10.4. The molecule has 0 bridgehead atoms. The highest BCUT2D eigenvalue weighted by Crippen LogP contribution is 2.30. The number of ketones is 1. The van der Waals surface area contributed by atoms with E-state index >= 15 is 0 Å². The van der Waals surface area contributed by atoms with Crippen LogP contribution in [0.5, 0.6) is 0 Å². The molecule has 0 fully saturated rings. The molecule has 0 radical (unpaired) electrons. The van der Waals surface area contributed by atoms with Crippen LogP contribution in [0.15, 0.2) is 34.4 Å². The summed E-state index contributed by atoms with van der Waals surface area (Å²) in [5.41, 5.74) is 3.27. The fourth-order valence-corrected chi connectivity index (χ4v) is 3.99. The average molecular weight is 389 g/mol. The van der Waals surface area contributed by atoms with E-state index in [1.54, 1.807) is 0 Å². The van der Waals surface area contributed by atoms with Gasteiger partial charge in [0.25, 0.3) is 0 Å². The zero-order valence-corrected chi connectivity index (χ0v) is 19.0. The van der Waals surface area contributed by atoms with E-state index in [2.05, 4.69) is 19.1 Å². The van der Waals surface area contributed by atoms with Crippen molar-refractivity contribution in [3.8, 4) is 0 Å². The number of hydrogen-bond acceptors (Lipinski definition) is 2. The van der Waals surface area contributed by atoms with Crippen molar-refractivity contribution in [2.24, 2.45) is 0 Å². The van der Waals surface area contributed by atoms with E-state index in [0.717, 1.165) is 35.1 Å². The maximum absolute atomic E-state index is 12.2. The predicted octanol–water partition coefficient (Wildman–Crippen LogP) is 7.62. The third-order valence-electron chi connectivity index (χ3n) is 6.20. The molecule has 28 heavy (non-hydrogen) atoms. The van der Waals surface area contributed by atoms with Gasteiger partial charge in [0.15, 0.2) is 5.78 Å². The van der Waals surface area contributed by atoms with Crippen LogP contribution in [-0.4, -0.2) is 17.0 Å². The quantitative estimate of drug-likeness (QED) is 0.231. The third-order valence-corrected chi connectivity index (χ3v) is 6.20. The van der Waals surface area contributed by atoms with Gasteiger partial charge in [0.1, 0.15) is 0 Å². The molecule has 0 spiro atoms. The molecule has 1 aliphatic rings. The van der Waals surface area contributed by atoms with E-state index in [0.29, 0.717) is 0 Å². The lowest BCUT2D eigenvalue weighted by atomic mass is 9.82. The fraction of sp³-hybridized carbons (Fsp3) is 0.731. The summed E-state index contributed by atoms with van der Waals surface area (Å²) in [6.45, 7) is 7.84. The molecule has 2 nitrogen and oxygen atoms in total. The van der Waals surface area contributed by atoms with E-state index in [4.69, 9.17) is 0 Å². The number of aliphatic hydroxyl groups excluding tert-OH is 1. The lowest BCUT2D eigenvalue weighted by Gasteiger charge is -2.25. The van der Waals surface area contributed by atoms with Crippen molar-refractivity contribution in [3.63, 3.8) is 0 Å². The lowest BCUT2D eigenvalue weighted by Crippen LogP contribution is -2.24. The van der Waals surface area contributed by atoms with E-state index in [1.165, 1.54) is 77.0 Å². The Morgan fingerprint density at radius 1 is 0.750 bits per heavy atom. The highest BCUT2D eigenvalue weighted by atomic mass is 16.3. The Balaban J connectivity index is 2.04. The Morgan fingerprint density at radius 3 is 1.82 bits per heavy atom. The smallest absolute Gasteiger partial charge is 0.184 e. The zero-order chi connectivity index (χ0) is 20.8. The van der Waals surface area contributed by atoms with Crippen molar-refractivity contribution in [2.75, 3.05) is 0 Å². The second-order valence-corrected chi connectivity index (χ2v) is 8.52. The zero-order valence-electron chi connectivity index (χ0n) is 19.0. The van der Waals surface area contributed by atoms with Gasteiger partial charge in [0.2, 0.25) is 0 Å². The lowest BCUT2D eigenvalue weighted by molar-refractivity contribution is -0.112. The molecule has 0 aromatic carbocycles. The molecule has 1 aliphatic carbocycles. The van der Waals surface area contributed by atoms with Crippen LogP contribution in [0.25, 0.3) is 0 Å². The van der Waals surface area contributed by atoms with Gasteiger partial charge in [-0.15, -0.1) is 0 Å². The van der Waals surface area contributed by atoms with Crippen molar-refractivity contribution in [1.29, 1.82) is 0 Å². The minimum absolute atomic E-state index is 0.116. The van der Waals surface area contributed by atoms with E-state index in [9.17, 15) is 9.90 Å². The first-order valence-corrected chi connectivity index (χ1v) is 11.8. The summed E-state index contributed by atoms with van der Waals surface area (Å²) >= 11 is 0. The van der Waals surface area contributed by atoms with Crippen LogP contribution in [0.2, 0.25) is 0 Å². The average Bonchev–Trinajstić information content (AvgIpc) is 2.70. The normalized spacial score (nSPS) is 18.0. The molecule has 0 saturated heterocycles. The number of carbonyl (C=O) groups excluding carboxylic acids is 1. The molecule has 0 aromatic heterocycles. The number of Topliss-reactive ketones (excluding diaryl/α,β-unsaturated/α-hetero) is 1. The minimum atomic E-state index is -0.547. The van der Waals surface area contributed by atoms with Gasteiger partial charge in [-0.3, -0.25) is 4.79 Å². The first kappa shape index (κ1) is 24.9. The molecular weight excluding hydrogens is 344 g/mol. The molecule has 160 valence electrons. The molecule has 1 N–H and O–H groups in total. The molecule has 0 aromatic rings. The van der Waals surface area contributed by atoms with Gasteiger partial charge in [-0.1, -0.05) is 70.4 Å². The Morgan fingerprint density at radius 2 is 1.25 bits per heavy atom. The first-order chi connectivity index (χ1) is 13.5. The second kappa shape index (κ2) is 14.8.